The zero-order chi connectivity index (χ0) is 16.9. The molecular weight excluding hydrogens is 376 g/mol. The van der Waals surface area contributed by atoms with Crippen molar-refractivity contribution in [3.05, 3.63) is 69.3 Å². The van der Waals surface area contributed by atoms with Crippen LogP contribution in [-0.4, -0.2) is 26.1 Å². The second kappa shape index (κ2) is 7.01. The summed E-state index contributed by atoms with van der Waals surface area (Å²) in [5.74, 6) is -0.246. The number of nitrogens with one attached hydrogen (secondary N) is 3. The molecule has 3 aromatic rings. The first-order valence-corrected chi connectivity index (χ1v) is 7.62. The van der Waals surface area contributed by atoms with Gasteiger partial charge in [-0.25, -0.2) is 9.89 Å². The van der Waals surface area contributed by atoms with Gasteiger partial charge in [0.1, 0.15) is 5.69 Å². The Morgan fingerprint density at radius 3 is 2.50 bits per heavy atom. The van der Waals surface area contributed by atoms with E-state index in [0.29, 0.717) is 11.3 Å². The van der Waals surface area contributed by atoms with Crippen LogP contribution in [0.5, 0.6) is 0 Å². The molecule has 8 nitrogen and oxygen atoms in total. The Morgan fingerprint density at radius 1 is 1.08 bits per heavy atom. The van der Waals surface area contributed by atoms with Crippen LogP contribution in [0.1, 0.15) is 10.4 Å². The van der Waals surface area contributed by atoms with Gasteiger partial charge in [0.15, 0.2) is 5.82 Å². The van der Waals surface area contributed by atoms with E-state index in [2.05, 4.69) is 46.9 Å². The van der Waals surface area contributed by atoms with Crippen molar-refractivity contribution in [2.24, 2.45) is 0 Å². The fourth-order valence-electron chi connectivity index (χ4n) is 1.92. The monoisotopic (exact) mass is 386 g/mol. The summed E-state index contributed by atoms with van der Waals surface area (Å²) < 4.78 is 0.907. The molecule has 0 aliphatic carbocycles. The number of hydrazine groups is 1. The first kappa shape index (κ1) is 15.8. The molecule has 3 rings (SSSR count). The molecule has 0 saturated heterocycles. The van der Waals surface area contributed by atoms with Gasteiger partial charge in [0.25, 0.3) is 5.91 Å². The molecule has 3 N–H and O–H groups in total. The molecule has 1 amide bonds. The van der Waals surface area contributed by atoms with Gasteiger partial charge in [-0.2, -0.15) is 10.1 Å². The molecule has 0 atom stereocenters. The van der Waals surface area contributed by atoms with E-state index < -0.39 is 5.69 Å². The number of halogens is 1. The average Bonchev–Trinajstić information content (AvgIpc) is 2.61. The van der Waals surface area contributed by atoms with E-state index in [-0.39, 0.29) is 11.7 Å². The van der Waals surface area contributed by atoms with Crippen molar-refractivity contribution in [3.63, 3.8) is 0 Å². The zero-order valence-corrected chi connectivity index (χ0v) is 13.7. The third kappa shape index (κ3) is 3.63. The summed E-state index contributed by atoms with van der Waals surface area (Å²) in [7, 11) is 0. The number of pyridine rings is 1. The number of amides is 1. The number of rotatable bonds is 4. The van der Waals surface area contributed by atoms with Crippen LogP contribution in [0.4, 0.5) is 5.82 Å². The number of nitrogens with zero attached hydrogens (tertiary/aromatic N) is 3. The maximum atomic E-state index is 12.1. The average molecular weight is 387 g/mol. The van der Waals surface area contributed by atoms with Gasteiger partial charge in [0, 0.05) is 28.0 Å². The maximum absolute atomic E-state index is 12.1. The molecule has 0 saturated carbocycles. The van der Waals surface area contributed by atoms with Crippen molar-refractivity contribution >= 4 is 27.7 Å². The van der Waals surface area contributed by atoms with Crippen molar-refractivity contribution in [1.29, 1.82) is 0 Å². The Bertz CT molecular complexity index is 911. The summed E-state index contributed by atoms with van der Waals surface area (Å²) in [5, 5.41) is 6.27. The van der Waals surface area contributed by atoms with Crippen LogP contribution in [-0.2, 0) is 0 Å². The first-order valence-electron chi connectivity index (χ1n) is 6.82. The maximum Gasteiger partial charge on any atom is 0.363 e. The molecule has 2 aromatic heterocycles. The predicted molar refractivity (Wildman–Crippen MR) is 91.1 cm³/mol. The highest BCUT2D eigenvalue weighted by atomic mass is 79.9. The summed E-state index contributed by atoms with van der Waals surface area (Å²) in [6.45, 7) is 0. The lowest BCUT2D eigenvalue weighted by Crippen LogP contribution is -2.31. The normalized spacial score (nSPS) is 10.2. The molecule has 120 valence electrons. The summed E-state index contributed by atoms with van der Waals surface area (Å²) in [4.78, 5) is 31.2. The standard InChI is InChI=1S/C15H11BrN6O2/c16-11-3-1-9(2-4-11)12-13(18-15(24)22-19-12)20-21-14(23)10-5-7-17-8-6-10/h1-8H,(H,21,23)(H2,18,20,22,24). The van der Waals surface area contributed by atoms with Crippen LogP contribution in [0.25, 0.3) is 11.3 Å². The van der Waals surface area contributed by atoms with E-state index in [0.717, 1.165) is 10.0 Å². The van der Waals surface area contributed by atoms with E-state index in [1.54, 1.807) is 12.1 Å². The van der Waals surface area contributed by atoms with Crippen molar-refractivity contribution in [1.82, 2.24) is 25.6 Å². The lowest BCUT2D eigenvalue weighted by atomic mass is 10.1. The van der Waals surface area contributed by atoms with E-state index >= 15 is 0 Å². The number of aromatic nitrogens is 4. The highest BCUT2D eigenvalue weighted by molar-refractivity contribution is 9.10. The Kier molecular flexibility index (Phi) is 4.62. The summed E-state index contributed by atoms with van der Waals surface area (Å²) in [5.41, 5.74) is 6.04. The number of hydrogen-bond acceptors (Lipinski definition) is 6. The smallest absolute Gasteiger partial charge is 0.280 e. The van der Waals surface area contributed by atoms with Crippen LogP contribution in [0.2, 0.25) is 0 Å². The fraction of sp³-hybridized carbons (Fsp3) is 0. The van der Waals surface area contributed by atoms with E-state index in [4.69, 9.17) is 0 Å². The van der Waals surface area contributed by atoms with Crippen molar-refractivity contribution in [2.45, 2.75) is 0 Å². The van der Waals surface area contributed by atoms with Crippen LogP contribution < -0.4 is 16.5 Å². The van der Waals surface area contributed by atoms with Crippen molar-refractivity contribution < 1.29 is 4.79 Å². The van der Waals surface area contributed by atoms with Crippen LogP contribution in [0.3, 0.4) is 0 Å². The summed E-state index contributed by atoms with van der Waals surface area (Å²) >= 11 is 3.35. The molecule has 0 unspecified atom stereocenters. The summed E-state index contributed by atoms with van der Waals surface area (Å²) in [6, 6.07) is 10.4. The van der Waals surface area contributed by atoms with Gasteiger partial charge in [0.2, 0.25) is 0 Å². The minimum atomic E-state index is -0.628. The predicted octanol–water partition coefficient (Wildman–Crippen LogP) is 1.75. The second-order valence-electron chi connectivity index (χ2n) is 4.66. The fourth-order valence-corrected chi connectivity index (χ4v) is 2.19. The largest absolute Gasteiger partial charge is 0.363 e. The third-order valence-corrected chi connectivity index (χ3v) is 3.58. The molecular formula is C15H11BrN6O2. The van der Waals surface area contributed by atoms with Crippen LogP contribution >= 0.6 is 15.9 Å². The van der Waals surface area contributed by atoms with E-state index in [1.165, 1.54) is 12.4 Å². The molecule has 1 aromatic carbocycles. The lowest BCUT2D eigenvalue weighted by molar-refractivity contribution is 0.0962. The number of anilines is 1. The number of H-pyrrole nitrogens is 1. The Hall–Kier alpha value is -3.07. The molecule has 2 heterocycles. The summed E-state index contributed by atoms with van der Waals surface area (Å²) in [6.07, 6.45) is 3.02. The molecule has 0 aliphatic heterocycles. The van der Waals surface area contributed by atoms with Gasteiger partial charge < -0.3 is 0 Å². The minimum absolute atomic E-state index is 0.142. The Balaban J connectivity index is 1.85. The first-order chi connectivity index (χ1) is 11.6. The Labute approximate surface area is 144 Å². The molecule has 0 bridgehead atoms. The van der Waals surface area contributed by atoms with E-state index in [9.17, 15) is 9.59 Å². The molecule has 24 heavy (non-hydrogen) atoms. The third-order valence-electron chi connectivity index (χ3n) is 3.06. The molecule has 0 radical (unpaired) electrons. The number of carbonyl (C=O) groups is 1. The molecule has 0 aliphatic rings. The topological polar surface area (TPSA) is 113 Å². The van der Waals surface area contributed by atoms with E-state index in [1.807, 2.05) is 24.3 Å². The highest BCUT2D eigenvalue weighted by Gasteiger charge is 2.11. The van der Waals surface area contributed by atoms with Gasteiger partial charge in [-0.3, -0.25) is 20.6 Å². The lowest BCUT2D eigenvalue weighted by Gasteiger charge is -2.10. The number of benzene rings is 1. The molecule has 9 heteroatoms. The SMILES string of the molecule is O=C(NNc1nc(=O)[nH]nc1-c1ccc(Br)cc1)c1ccncc1. The van der Waals surface area contributed by atoms with Gasteiger partial charge in [-0.1, -0.05) is 28.1 Å². The zero-order valence-electron chi connectivity index (χ0n) is 12.2. The Morgan fingerprint density at radius 2 is 1.79 bits per heavy atom. The van der Waals surface area contributed by atoms with Gasteiger partial charge in [-0.15, -0.1) is 0 Å². The molecule has 0 fully saturated rings. The number of hydrogen-bond donors (Lipinski definition) is 3. The highest BCUT2D eigenvalue weighted by Crippen LogP contribution is 2.23. The van der Waals surface area contributed by atoms with Crippen LogP contribution in [0, 0.1) is 0 Å². The van der Waals surface area contributed by atoms with Crippen LogP contribution in [0.15, 0.2) is 58.1 Å². The van der Waals surface area contributed by atoms with Gasteiger partial charge in [0.05, 0.1) is 0 Å². The molecule has 0 spiro atoms. The van der Waals surface area contributed by atoms with Gasteiger partial charge in [-0.05, 0) is 24.3 Å². The second-order valence-corrected chi connectivity index (χ2v) is 5.58. The number of aromatic amines is 1. The quantitative estimate of drug-likeness (QED) is 0.588. The number of carbonyl (C=O) groups excluding carboxylic acids is 1. The van der Waals surface area contributed by atoms with Crippen molar-refractivity contribution in [2.75, 3.05) is 5.43 Å². The minimum Gasteiger partial charge on any atom is -0.280 e. The van der Waals surface area contributed by atoms with Crippen molar-refractivity contribution in [3.8, 4) is 11.3 Å². The van der Waals surface area contributed by atoms with Gasteiger partial charge >= 0.3 is 5.69 Å².